The van der Waals surface area contributed by atoms with Crippen LogP contribution in [0.5, 0.6) is 0 Å². The van der Waals surface area contributed by atoms with Crippen molar-refractivity contribution in [3.05, 3.63) is 0 Å². The maximum atomic E-state index is 9.97. The molecule has 0 aliphatic heterocycles. The van der Waals surface area contributed by atoms with Crippen molar-refractivity contribution in [2.75, 3.05) is 5.75 Å². The van der Waals surface area contributed by atoms with E-state index in [1.807, 2.05) is 0 Å². The molecule has 0 spiro atoms. The van der Waals surface area contributed by atoms with Gasteiger partial charge in [0.2, 0.25) is 0 Å². The summed E-state index contributed by atoms with van der Waals surface area (Å²) in [5, 5.41) is 0. The maximum absolute atomic E-state index is 9.97. The average Bonchev–Trinajstić information content (AvgIpc) is 1.21. The Kier molecular flexibility index (Phi) is 6.26. The van der Waals surface area contributed by atoms with E-state index in [9.17, 15) is 9.00 Å². The Hall–Kier alpha value is 0.740. The van der Waals surface area contributed by atoms with Gasteiger partial charge in [0.25, 0.3) is 0 Å². The van der Waals surface area contributed by atoms with E-state index in [1.54, 1.807) is 0 Å². The Morgan fingerprint density at radius 2 is 1.89 bits per heavy atom. The first kappa shape index (κ1) is 12.4. The van der Waals surface area contributed by atoms with E-state index in [4.69, 9.17) is 9.11 Å². The summed E-state index contributed by atoms with van der Waals surface area (Å²) in [6, 6.07) is 0. The molecule has 0 atom stereocenters. The van der Waals surface area contributed by atoms with E-state index < -0.39 is 22.0 Å². The van der Waals surface area contributed by atoms with Crippen LogP contribution in [0.25, 0.3) is 0 Å². The van der Waals surface area contributed by atoms with Gasteiger partial charge >= 0.3 is 29.6 Å². The van der Waals surface area contributed by atoms with Gasteiger partial charge in [0.15, 0.2) is 0 Å². The summed E-state index contributed by atoms with van der Waals surface area (Å²) in [5.74, 6) is -1.13. The molecule has 0 heterocycles. The van der Waals surface area contributed by atoms with E-state index in [0.717, 1.165) is 6.92 Å². The van der Waals surface area contributed by atoms with Crippen LogP contribution in [0.1, 0.15) is 6.92 Å². The third-order valence-electron chi connectivity index (χ3n) is 0.429. The van der Waals surface area contributed by atoms with Gasteiger partial charge in [-0.1, -0.05) is 0 Å². The minimum absolute atomic E-state index is 0. The number of hydrogen-bond donors (Lipinski definition) is 3. The summed E-state index contributed by atoms with van der Waals surface area (Å²) in [7, 11) is -4.07. The molecule has 4 nitrogen and oxygen atoms in total. The molecule has 0 fully saturated rings. The Balaban J connectivity index is 0. The zero-order valence-electron chi connectivity index (χ0n) is 4.37. The monoisotopic (exact) mass is 164 g/mol. The second kappa shape index (κ2) is 4.54. The van der Waals surface area contributed by atoms with Gasteiger partial charge in [0, 0.05) is 0 Å². The topological polar surface area (TPSA) is 74.6 Å². The van der Waals surface area contributed by atoms with Crippen molar-refractivity contribution in [1.29, 1.82) is 0 Å². The first-order valence-electron chi connectivity index (χ1n) is 1.96. The van der Waals surface area contributed by atoms with Crippen LogP contribution < -0.4 is 0 Å². The van der Waals surface area contributed by atoms with Crippen molar-refractivity contribution in [2.45, 2.75) is 6.92 Å². The number of rotatable bonds is 2. The SMILES string of the molecule is CC(=O)C[SH](=O)(O)O.[NaH]. The normalized spacial score (nSPS) is 11.9. The Labute approximate surface area is 76.4 Å². The second-order valence-electron chi connectivity index (χ2n) is 1.52. The van der Waals surface area contributed by atoms with Crippen LogP contribution in [0.3, 0.4) is 0 Å². The molecule has 0 bridgehead atoms. The molecule has 0 aliphatic rings. The molecule has 0 saturated heterocycles. The first-order chi connectivity index (χ1) is 3.42. The molecular formula is C3H9NaO4S. The number of hydrogen-bond acceptors (Lipinski definition) is 2. The van der Waals surface area contributed by atoms with Crippen molar-refractivity contribution in [2.24, 2.45) is 0 Å². The van der Waals surface area contributed by atoms with Crippen LogP contribution in [0, 0.1) is 0 Å². The molecular weight excluding hydrogens is 155 g/mol. The molecule has 0 unspecified atom stereocenters. The fourth-order valence-electron chi connectivity index (χ4n) is 0.290. The van der Waals surface area contributed by atoms with Crippen LogP contribution in [0.4, 0.5) is 0 Å². The quantitative estimate of drug-likeness (QED) is 0.357. The number of carbonyl (C=O) groups excluding carboxylic acids is 1. The van der Waals surface area contributed by atoms with Gasteiger partial charge in [-0.05, 0) is 6.92 Å². The van der Waals surface area contributed by atoms with Gasteiger partial charge in [-0.25, -0.2) is 4.21 Å². The molecule has 0 aromatic heterocycles. The Bertz CT molecular complexity index is 139. The van der Waals surface area contributed by atoms with Gasteiger partial charge in [-0.3, -0.25) is 4.79 Å². The average molecular weight is 164 g/mol. The molecule has 2 N–H and O–H groups in total. The van der Waals surface area contributed by atoms with Gasteiger partial charge in [-0.15, -0.1) is 0 Å². The summed E-state index contributed by atoms with van der Waals surface area (Å²) >= 11 is 0. The van der Waals surface area contributed by atoms with Crippen LogP contribution >= 0.6 is 0 Å². The van der Waals surface area contributed by atoms with Crippen LogP contribution in [0.15, 0.2) is 0 Å². The van der Waals surface area contributed by atoms with Gasteiger partial charge in [0.1, 0.15) is 11.5 Å². The van der Waals surface area contributed by atoms with Crippen LogP contribution in [0.2, 0.25) is 0 Å². The fraction of sp³-hybridized carbons (Fsp3) is 0.667. The molecule has 9 heavy (non-hydrogen) atoms. The second-order valence-corrected chi connectivity index (χ2v) is 3.17. The summed E-state index contributed by atoms with van der Waals surface area (Å²) in [6.45, 7) is 1.14. The summed E-state index contributed by atoms with van der Waals surface area (Å²) < 4.78 is 26.1. The zero-order valence-corrected chi connectivity index (χ0v) is 5.26. The molecule has 6 heteroatoms. The van der Waals surface area contributed by atoms with Crippen molar-refractivity contribution in [1.82, 2.24) is 0 Å². The molecule has 0 aromatic rings. The van der Waals surface area contributed by atoms with Gasteiger partial charge in [-0.2, -0.15) is 0 Å². The van der Waals surface area contributed by atoms with Crippen molar-refractivity contribution < 1.29 is 18.1 Å². The van der Waals surface area contributed by atoms with Crippen molar-refractivity contribution >= 4 is 45.8 Å². The number of ketones is 1. The van der Waals surface area contributed by atoms with E-state index in [0.29, 0.717) is 0 Å². The third kappa shape index (κ3) is 12.1. The molecule has 0 aromatic carbocycles. The summed E-state index contributed by atoms with van der Waals surface area (Å²) in [6.07, 6.45) is 0. The Morgan fingerprint density at radius 3 is 1.89 bits per heavy atom. The van der Waals surface area contributed by atoms with E-state index in [-0.39, 0.29) is 29.6 Å². The molecule has 0 amide bonds. The summed E-state index contributed by atoms with van der Waals surface area (Å²) in [5.41, 5.74) is 0. The molecule has 52 valence electrons. The molecule has 0 rings (SSSR count). The third-order valence-corrected chi connectivity index (χ3v) is 1.29. The predicted octanol–water partition coefficient (Wildman–Crippen LogP) is -1.11. The number of carbonyl (C=O) groups is 1. The van der Waals surface area contributed by atoms with E-state index >= 15 is 0 Å². The van der Waals surface area contributed by atoms with Gasteiger partial charge < -0.3 is 9.11 Å². The molecule has 0 radical (unpaired) electrons. The minimum atomic E-state index is -4.07. The van der Waals surface area contributed by atoms with E-state index in [1.165, 1.54) is 0 Å². The van der Waals surface area contributed by atoms with Crippen LogP contribution in [-0.4, -0.2) is 54.4 Å². The number of Topliss-reactive ketones (excluding diaryl/α,β-unsaturated/α-hetero) is 1. The summed E-state index contributed by atoms with van der Waals surface area (Å²) in [4.78, 5) is 9.97. The van der Waals surface area contributed by atoms with Crippen molar-refractivity contribution in [3.8, 4) is 0 Å². The zero-order chi connectivity index (χ0) is 6.78. The van der Waals surface area contributed by atoms with Crippen molar-refractivity contribution in [3.63, 3.8) is 0 Å². The van der Waals surface area contributed by atoms with E-state index in [2.05, 4.69) is 0 Å². The predicted molar refractivity (Wildman–Crippen MR) is 37.5 cm³/mol. The fourth-order valence-corrected chi connectivity index (χ4v) is 0.870. The number of thiol groups is 1. The Morgan fingerprint density at radius 1 is 1.56 bits per heavy atom. The standard InChI is InChI=1S/C3H8O4S.Na.H/c1-3(4)2-8(5,6)7;;/h8H,2H2,1H3,(H2,5,6,7);;. The molecule has 0 aliphatic carbocycles. The van der Waals surface area contributed by atoms with Crippen LogP contribution in [-0.2, 0) is 15.3 Å². The molecule has 0 saturated carbocycles. The van der Waals surface area contributed by atoms with Gasteiger partial charge in [0.05, 0.1) is 10.5 Å². The first-order valence-corrected chi connectivity index (χ1v) is 3.75.